The van der Waals surface area contributed by atoms with Crippen LogP contribution in [0.5, 0.6) is 0 Å². The van der Waals surface area contributed by atoms with E-state index in [4.69, 9.17) is 24.7 Å². The maximum absolute atomic E-state index is 11.4. The van der Waals surface area contributed by atoms with Gasteiger partial charge in [-0.2, -0.15) is 5.26 Å². The Morgan fingerprint density at radius 3 is 1.98 bits per heavy atom. The number of primary amides is 1. The fourth-order valence-electron chi connectivity index (χ4n) is 4.73. The van der Waals surface area contributed by atoms with Gasteiger partial charge in [-0.25, -0.2) is 4.98 Å². The van der Waals surface area contributed by atoms with Crippen LogP contribution in [-0.2, 0) is 43.6 Å². The zero-order valence-corrected chi connectivity index (χ0v) is 23.8. The first-order valence-electron chi connectivity index (χ1n) is 13.6. The van der Waals surface area contributed by atoms with Crippen molar-refractivity contribution >= 4 is 17.7 Å². The van der Waals surface area contributed by atoms with Gasteiger partial charge in [-0.05, 0) is 16.7 Å². The molecule has 0 aliphatic carbocycles. The van der Waals surface area contributed by atoms with Gasteiger partial charge in [-0.15, -0.1) is 0 Å². The van der Waals surface area contributed by atoms with Gasteiger partial charge in [0.1, 0.15) is 29.4 Å². The number of imidazole rings is 1. The number of amides is 1. The molecule has 216 valence electrons. The number of carbonyl (C=O) groups is 1. The summed E-state index contributed by atoms with van der Waals surface area (Å²) in [6, 6.07) is 31.8. The lowest BCUT2D eigenvalue weighted by molar-refractivity contribution is -0.115. The van der Waals surface area contributed by atoms with Crippen molar-refractivity contribution in [1.29, 1.82) is 5.26 Å². The number of aromatic nitrogens is 2. The maximum atomic E-state index is 11.4. The Kier molecular flexibility index (Phi) is 10.4. The Labute approximate surface area is 249 Å². The average Bonchev–Trinajstić information content (AvgIpc) is 3.59. The molecular weight excluding hydrogens is 552 g/mol. The summed E-state index contributed by atoms with van der Waals surface area (Å²) >= 11 is 1.11. The van der Waals surface area contributed by atoms with Gasteiger partial charge >= 0.3 is 0 Å². The van der Waals surface area contributed by atoms with Gasteiger partial charge in [-0.3, -0.25) is 9.36 Å². The molecule has 1 fully saturated rings. The van der Waals surface area contributed by atoms with E-state index in [0.29, 0.717) is 24.8 Å². The van der Waals surface area contributed by atoms with Crippen LogP contribution in [0.15, 0.2) is 102 Å². The molecule has 0 spiro atoms. The normalized spacial score (nSPS) is 19.9. The van der Waals surface area contributed by atoms with E-state index in [-0.39, 0.29) is 18.1 Å². The molecule has 2 N–H and O–H groups in total. The minimum Gasteiger partial charge on any atom is -0.374 e. The van der Waals surface area contributed by atoms with Crippen LogP contribution in [0.4, 0.5) is 0 Å². The van der Waals surface area contributed by atoms with Crippen molar-refractivity contribution in [3.05, 3.63) is 120 Å². The number of ether oxygens (including phenoxy) is 4. The first-order chi connectivity index (χ1) is 20.6. The van der Waals surface area contributed by atoms with Crippen molar-refractivity contribution in [3.63, 3.8) is 0 Å². The standard InChI is InChI=1S/C32H32N4O5S/c33-16-26-31(42-21-28(34)37)35-22-36(26)32-30(40-19-25-14-8-3-9-15-25)29(39-18-24-12-6-2-7-13-24)27(41-32)20-38-17-23-10-4-1-5-11-23/h1-15,22,27,29-30,32H,17-21H2,(H2,34,37)/t27-,29-,30-,32-/m1/s1. The summed E-state index contributed by atoms with van der Waals surface area (Å²) in [6.07, 6.45) is -0.823. The molecular formula is C32H32N4O5S. The Hall–Kier alpha value is -3.98. The zero-order valence-electron chi connectivity index (χ0n) is 23.0. The van der Waals surface area contributed by atoms with Crippen molar-refractivity contribution in [1.82, 2.24) is 9.55 Å². The van der Waals surface area contributed by atoms with E-state index < -0.39 is 30.4 Å². The van der Waals surface area contributed by atoms with Gasteiger partial charge in [0.25, 0.3) is 0 Å². The predicted molar refractivity (Wildman–Crippen MR) is 157 cm³/mol. The fourth-order valence-corrected chi connectivity index (χ4v) is 5.42. The van der Waals surface area contributed by atoms with E-state index in [1.54, 1.807) is 4.57 Å². The first-order valence-corrected chi connectivity index (χ1v) is 14.6. The summed E-state index contributed by atoms with van der Waals surface area (Å²) in [5.41, 5.74) is 8.64. The van der Waals surface area contributed by atoms with Crippen LogP contribution in [0.1, 0.15) is 28.6 Å². The van der Waals surface area contributed by atoms with Crippen LogP contribution >= 0.6 is 11.8 Å². The minimum absolute atomic E-state index is 0.00388. The molecule has 0 bridgehead atoms. The number of nitrogens with two attached hydrogens (primary N) is 1. The molecule has 0 unspecified atom stereocenters. The fraction of sp³-hybridized carbons (Fsp3) is 0.281. The van der Waals surface area contributed by atoms with Gasteiger partial charge in [-0.1, -0.05) is 103 Å². The lowest BCUT2D eigenvalue weighted by atomic mass is 10.1. The van der Waals surface area contributed by atoms with Crippen LogP contribution in [0.2, 0.25) is 0 Å². The predicted octanol–water partition coefficient (Wildman–Crippen LogP) is 4.62. The van der Waals surface area contributed by atoms with Crippen LogP contribution in [0, 0.1) is 11.3 Å². The zero-order chi connectivity index (χ0) is 29.1. The summed E-state index contributed by atoms with van der Waals surface area (Å²) in [6.45, 7) is 1.31. The van der Waals surface area contributed by atoms with Crippen molar-refractivity contribution in [2.75, 3.05) is 12.4 Å². The Morgan fingerprint density at radius 2 is 1.43 bits per heavy atom. The van der Waals surface area contributed by atoms with Crippen molar-refractivity contribution in [2.24, 2.45) is 5.73 Å². The topological polar surface area (TPSA) is 122 Å². The quantitative estimate of drug-likeness (QED) is 0.213. The molecule has 9 nitrogen and oxygen atoms in total. The third-order valence-electron chi connectivity index (χ3n) is 6.74. The molecule has 3 aromatic carbocycles. The van der Waals surface area contributed by atoms with Gasteiger partial charge in [0, 0.05) is 0 Å². The molecule has 1 aliphatic rings. The van der Waals surface area contributed by atoms with Crippen LogP contribution < -0.4 is 5.73 Å². The highest BCUT2D eigenvalue weighted by atomic mass is 32.2. The van der Waals surface area contributed by atoms with Crippen LogP contribution in [-0.4, -0.2) is 46.1 Å². The minimum atomic E-state index is -0.732. The molecule has 42 heavy (non-hydrogen) atoms. The van der Waals surface area contributed by atoms with Crippen LogP contribution in [0.3, 0.4) is 0 Å². The van der Waals surface area contributed by atoms with E-state index in [0.717, 1.165) is 28.5 Å². The summed E-state index contributed by atoms with van der Waals surface area (Å²) in [5.74, 6) is -0.492. The molecule has 0 radical (unpaired) electrons. The number of nitrogens with zero attached hydrogens (tertiary/aromatic N) is 3. The highest BCUT2D eigenvalue weighted by molar-refractivity contribution is 7.99. The number of rotatable bonds is 14. The second kappa shape index (κ2) is 14.8. The average molecular weight is 585 g/mol. The molecule has 1 aromatic heterocycles. The molecule has 4 aromatic rings. The highest BCUT2D eigenvalue weighted by Gasteiger charge is 2.48. The summed E-state index contributed by atoms with van der Waals surface area (Å²) in [7, 11) is 0. The Bertz CT molecular complexity index is 1460. The smallest absolute Gasteiger partial charge is 0.227 e. The lowest BCUT2D eigenvalue weighted by Gasteiger charge is -2.25. The molecule has 0 saturated carbocycles. The van der Waals surface area contributed by atoms with Gasteiger partial charge in [0.2, 0.25) is 5.91 Å². The number of thioether (sulfide) groups is 1. The van der Waals surface area contributed by atoms with Crippen LogP contribution in [0.25, 0.3) is 0 Å². The maximum Gasteiger partial charge on any atom is 0.227 e. The van der Waals surface area contributed by atoms with E-state index in [2.05, 4.69) is 11.1 Å². The molecule has 5 rings (SSSR count). The summed E-state index contributed by atoms with van der Waals surface area (Å²) in [4.78, 5) is 15.8. The monoisotopic (exact) mass is 584 g/mol. The van der Waals surface area contributed by atoms with Crippen molar-refractivity contribution in [3.8, 4) is 6.07 Å². The lowest BCUT2D eigenvalue weighted by Crippen LogP contribution is -2.38. The van der Waals surface area contributed by atoms with Crippen molar-refractivity contribution in [2.45, 2.75) is 49.4 Å². The molecule has 10 heteroatoms. The third kappa shape index (κ3) is 7.64. The largest absolute Gasteiger partial charge is 0.374 e. The van der Waals surface area contributed by atoms with E-state index in [1.165, 1.54) is 6.33 Å². The van der Waals surface area contributed by atoms with Gasteiger partial charge in [0.15, 0.2) is 11.9 Å². The first kappa shape index (κ1) is 29.5. The number of benzene rings is 3. The number of hydrogen-bond acceptors (Lipinski definition) is 8. The number of hydrogen-bond donors (Lipinski definition) is 1. The van der Waals surface area contributed by atoms with Gasteiger partial charge in [0.05, 0.1) is 38.5 Å². The molecule has 1 aliphatic heterocycles. The third-order valence-corrected chi connectivity index (χ3v) is 7.74. The Balaban J connectivity index is 1.42. The second-order valence-corrected chi connectivity index (χ2v) is 10.7. The second-order valence-electron chi connectivity index (χ2n) is 9.76. The Morgan fingerprint density at radius 1 is 0.881 bits per heavy atom. The van der Waals surface area contributed by atoms with Crippen molar-refractivity contribution < 1.29 is 23.7 Å². The number of carbonyl (C=O) groups excluding carboxylic acids is 1. The molecule has 4 atom stereocenters. The highest BCUT2D eigenvalue weighted by Crippen LogP contribution is 2.37. The summed E-state index contributed by atoms with van der Waals surface area (Å²) < 4.78 is 27.3. The SMILES string of the molecule is N#Cc1c(SCC(N)=O)ncn1[C@@H]1O[C@H](COCc2ccccc2)[C@@H](OCc2ccccc2)[C@H]1OCc1ccccc1. The van der Waals surface area contributed by atoms with E-state index >= 15 is 0 Å². The van der Waals surface area contributed by atoms with E-state index in [1.807, 2.05) is 91.0 Å². The molecule has 2 heterocycles. The molecule has 1 amide bonds. The number of nitriles is 1. The van der Waals surface area contributed by atoms with Gasteiger partial charge < -0.3 is 24.7 Å². The van der Waals surface area contributed by atoms with E-state index in [9.17, 15) is 10.1 Å². The molecule has 1 saturated heterocycles. The summed E-state index contributed by atoms with van der Waals surface area (Å²) in [5, 5.41) is 10.5.